The fourth-order valence-corrected chi connectivity index (χ4v) is 3.14. The number of hydrogen-bond acceptors (Lipinski definition) is 5. The van der Waals surface area contributed by atoms with E-state index in [1.165, 1.54) is 5.56 Å². The van der Waals surface area contributed by atoms with Crippen LogP contribution in [0, 0.1) is 0 Å². The van der Waals surface area contributed by atoms with E-state index in [-0.39, 0.29) is 0 Å². The molecule has 1 aliphatic heterocycles. The fourth-order valence-electron chi connectivity index (χ4n) is 3.14. The van der Waals surface area contributed by atoms with Gasteiger partial charge < -0.3 is 20.4 Å². The Morgan fingerprint density at radius 1 is 1.07 bits per heavy atom. The van der Waals surface area contributed by atoms with E-state index in [2.05, 4.69) is 73.3 Å². The van der Waals surface area contributed by atoms with E-state index in [4.69, 9.17) is 4.74 Å². The van der Waals surface area contributed by atoms with Gasteiger partial charge in [-0.15, -0.1) is 0 Å². The van der Waals surface area contributed by atoms with E-state index in [0.29, 0.717) is 12.6 Å². The van der Waals surface area contributed by atoms with Crippen molar-refractivity contribution in [2.75, 3.05) is 23.8 Å². The zero-order valence-electron chi connectivity index (χ0n) is 14.7. The Balaban J connectivity index is 1.25. The smallest absolute Gasteiger partial charge is 0.201 e. The average molecular weight is 360 g/mol. The van der Waals surface area contributed by atoms with Crippen LogP contribution in [-0.2, 0) is 11.3 Å². The third-order valence-electron chi connectivity index (χ3n) is 4.72. The second-order valence-electron chi connectivity index (χ2n) is 6.72. The van der Waals surface area contributed by atoms with Crippen molar-refractivity contribution in [3.63, 3.8) is 0 Å². The second kappa shape index (κ2) is 6.77. The molecule has 4 N–H and O–H groups in total. The molecule has 1 aliphatic rings. The molecule has 7 heteroatoms. The third-order valence-corrected chi connectivity index (χ3v) is 4.72. The molecule has 0 bridgehead atoms. The van der Waals surface area contributed by atoms with Crippen molar-refractivity contribution >= 4 is 22.7 Å². The monoisotopic (exact) mass is 360 g/mol. The molecule has 136 valence electrons. The molecule has 0 amide bonds. The van der Waals surface area contributed by atoms with Gasteiger partial charge in [0.15, 0.2) is 0 Å². The zero-order valence-corrected chi connectivity index (χ0v) is 14.7. The van der Waals surface area contributed by atoms with E-state index in [0.717, 1.165) is 47.1 Å². The largest absolute Gasteiger partial charge is 0.378 e. The number of nitrogens with zero attached hydrogens (tertiary/aromatic N) is 2. The van der Waals surface area contributed by atoms with E-state index < -0.39 is 0 Å². The maximum Gasteiger partial charge on any atom is 0.201 e. The molecule has 0 aliphatic carbocycles. The van der Waals surface area contributed by atoms with Gasteiger partial charge in [0, 0.05) is 18.4 Å². The molecule has 1 fully saturated rings. The highest BCUT2D eigenvalue weighted by atomic mass is 16.5. The van der Waals surface area contributed by atoms with Crippen LogP contribution in [0.25, 0.3) is 22.3 Å². The number of benzene rings is 2. The van der Waals surface area contributed by atoms with Gasteiger partial charge in [0.2, 0.25) is 5.95 Å². The van der Waals surface area contributed by atoms with Crippen molar-refractivity contribution in [1.82, 2.24) is 20.2 Å². The normalized spacial score (nSPS) is 14.2. The van der Waals surface area contributed by atoms with Crippen LogP contribution in [0.1, 0.15) is 5.56 Å². The first kappa shape index (κ1) is 15.9. The van der Waals surface area contributed by atoms with Crippen LogP contribution < -0.4 is 10.6 Å². The Kier molecular flexibility index (Phi) is 3.99. The Labute approximate surface area is 156 Å². The summed E-state index contributed by atoms with van der Waals surface area (Å²) in [5.74, 6) is 0.770. The molecule has 0 unspecified atom stereocenters. The minimum atomic E-state index is 0.406. The van der Waals surface area contributed by atoms with Gasteiger partial charge >= 0.3 is 0 Å². The first-order valence-electron chi connectivity index (χ1n) is 9.00. The van der Waals surface area contributed by atoms with Crippen LogP contribution in [-0.4, -0.2) is 39.4 Å². The molecular weight excluding hydrogens is 340 g/mol. The van der Waals surface area contributed by atoms with Gasteiger partial charge in [-0.2, -0.15) is 5.10 Å². The predicted octanol–water partition coefficient (Wildman–Crippen LogP) is 3.38. The molecule has 5 rings (SSSR count). The number of imidazole rings is 1. The van der Waals surface area contributed by atoms with E-state index in [9.17, 15) is 0 Å². The molecule has 2 aromatic heterocycles. The summed E-state index contributed by atoms with van der Waals surface area (Å²) in [7, 11) is 0. The number of aromatic nitrogens is 4. The number of anilines is 2. The maximum atomic E-state index is 5.20. The quantitative estimate of drug-likeness (QED) is 0.423. The van der Waals surface area contributed by atoms with Gasteiger partial charge in [-0.05, 0) is 35.4 Å². The van der Waals surface area contributed by atoms with Gasteiger partial charge in [0.25, 0.3) is 0 Å². The van der Waals surface area contributed by atoms with Crippen LogP contribution in [0.2, 0.25) is 0 Å². The Bertz CT molecular complexity index is 1030. The summed E-state index contributed by atoms with van der Waals surface area (Å²) in [6.45, 7) is 2.24. The molecule has 0 radical (unpaired) electrons. The molecular formula is C20H20N6O. The van der Waals surface area contributed by atoms with Gasteiger partial charge in [0.05, 0.1) is 36.0 Å². The molecule has 1 saturated heterocycles. The number of hydrogen-bond donors (Lipinski definition) is 4. The highest BCUT2D eigenvalue weighted by molar-refractivity contribution is 5.81. The summed E-state index contributed by atoms with van der Waals surface area (Å²) < 4.78 is 5.20. The standard InChI is InChI=1S/C20H20N6O/c1-3-14(17-7-8-22-26-17)4-2-13(1)10-21-20-24-18-6-5-15(9-19(18)25-20)23-16-11-27-12-16/h1-9,16,23H,10-12H2,(H,22,26)(H2,21,24,25). The lowest BCUT2D eigenvalue weighted by atomic mass is 10.1. The van der Waals surface area contributed by atoms with Crippen molar-refractivity contribution in [1.29, 1.82) is 0 Å². The zero-order chi connectivity index (χ0) is 18.1. The van der Waals surface area contributed by atoms with Crippen LogP contribution >= 0.6 is 0 Å². The van der Waals surface area contributed by atoms with Gasteiger partial charge in [-0.1, -0.05) is 24.3 Å². The van der Waals surface area contributed by atoms with Gasteiger partial charge in [0.1, 0.15) is 0 Å². The molecule has 7 nitrogen and oxygen atoms in total. The van der Waals surface area contributed by atoms with Crippen LogP contribution in [0.3, 0.4) is 0 Å². The number of rotatable bonds is 6. The lowest BCUT2D eigenvalue weighted by molar-refractivity contribution is 0.0211. The Morgan fingerprint density at radius 2 is 1.96 bits per heavy atom. The molecule has 2 aromatic carbocycles. The van der Waals surface area contributed by atoms with Crippen molar-refractivity contribution in [3.8, 4) is 11.3 Å². The second-order valence-corrected chi connectivity index (χ2v) is 6.72. The molecule has 3 heterocycles. The van der Waals surface area contributed by atoms with Crippen LogP contribution in [0.15, 0.2) is 54.7 Å². The summed E-state index contributed by atoms with van der Waals surface area (Å²) in [6.07, 6.45) is 1.76. The van der Waals surface area contributed by atoms with Gasteiger partial charge in [-0.3, -0.25) is 5.10 Å². The van der Waals surface area contributed by atoms with Crippen molar-refractivity contribution in [2.45, 2.75) is 12.6 Å². The lowest BCUT2D eigenvalue weighted by Crippen LogP contribution is -2.40. The number of H-pyrrole nitrogens is 2. The topological polar surface area (TPSA) is 90.7 Å². The van der Waals surface area contributed by atoms with E-state index in [1.54, 1.807) is 6.20 Å². The van der Waals surface area contributed by atoms with Gasteiger partial charge in [-0.25, -0.2) is 4.98 Å². The summed E-state index contributed by atoms with van der Waals surface area (Å²) in [5, 5.41) is 13.8. The van der Waals surface area contributed by atoms with Crippen LogP contribution in [0.5, 0.6) is 0 Å². The Hall–Kier alpha value is -3.32. The van der Waals surface area contributed by atoms with Crippen molar-refractivity contribution in [2.24, 2.45) is 0 Å². The van der Waals surface area contributed by atoms with E-state index in [1.807, 2.05) is 6.07 Å². The minimum Gasteiger partial charge on any atom is -0.378 e. The molecule has 4 aromatic rings. The van der Waals surface area contributed by atoms with Crippen molar-refractivity contribution in [3.05, 3.63) is 60.3 Å². The lowest BCUT2D eigenvalue weighted by Gasteiger charge is -2.27. The number of ether oxygens (including phenoxy) is 1. The summed E-state index contributed by atoms with van der Waals surface area (Å²) in [5.41, 5.74) is 6.36. The SMILES string of the molecule is c1cc(-c2ccc(CNc3nc4cc(NC5COC5)ccc4[nH]3)cc2)[nH]n1. The summed E-state index contributed by atoms with van der Waals surface area (Å²) >= 11 is 0. The number of aromatic amines is 2. The first-order valence-corrected chi connectivity index (χ1v) is 9.00. The van der Waals surface area contributed by atoms with Crippen molar-refractivity contribution < 1.29 is 4.74 Å². The third kappa shape index (κ3) is 3.37. The molecule has 0 atom stereocenters. The molecule has 27 heavy (non-hydrogen) atoms. The molecule has 0 spiro atoms. The Morgan fingerprint density at radius 3 is 2.70 bits per heavy atom. The highest BCUT2D eigenvalue weighted by Gasteiger charge is 2.17. The minimum absolute atomic E-state index is 0.406. The average Bonchev–Trinajstić information content (AvgIpc) is 3.32. The highest BCUT2D eigenvalue weighted by Crippen LogP contribution is 2.21. The number of nitrogens with one attached hydrogen (secondary N) is 4. The van der Waals surface area contributed by atoms with E-state index >= 15 is 0 Å². The summed E-state index contributed by atoms with van der Waals surface area (Å²) in [4.78, 5) is 7.97. The first-order chi connectivity index (χ1) is 13.3. The number of fused-ring (bicyclic) bond motifs is 1. The predicted molar refractivity (Wildman–Crippen MR) is 106 cm³/mol. The maximum absolute atomic E-state index is 5.20. The fraction of sp³-hybridized carbons (Fsp3) is 0.200. The van der Waals surface area contributed by atoms with Crippen LogP contribution in [0.4, 0.5) is 11.6 Å². The summed E-state index contributed by atoms with van der Waals surface area (Å²) in [6, 6.07) is 16.9. The molecule has 0 saturated carbocycles.